The first-order chi connectivity index (χ1) is 12.1. The lowest BCUT2D eigenvalue weighted by molar-refractivity contribution is -0.126. The van der Waals surface area contributed by atoms with Crippen molar-refractivity contribution >= 4 is 45.9 Å². The first-order valence-electron chi connectivity index (χ1n) is 8.02. The van der Waals surface area contributed by atoms with Crippen molar-refractivity contribution in [3.05, 3.63) is 29.8 Å². The predicted molar refractivity (Wildman–Crippen MR) is 99.4 cm³/mol. The van der Waals surface area contributed by atoms with Crippen LogP contribution in [0.15, 0.2) is 28.6 Å². The summed E-state index contributed by atoms with van der Waals surface area (Å²) in [6.45, 7) is 4.81. The molecule has 0 bridgehead atoms. The summed E-state index contributed by atoms with van der Waals surface area (Å²) in [7, 11) is 0. The first kappa shape index (κ1) is 17.7. The zero-order valence-corrected chi connectivity index (χ0v) is 15.6. The molecule has 2 heterocycles. The molecule has 9 heteroatoms. The summed E-state index contributed by atoms with van der Waals surface area (Å²) in [5.74, 6) is -0.208. The summed E-state index contributed by atoms with van der Waals surface area (Å²) in [4.78, 5) is 25.1. The van der Waals surface area contributed by atoms with Crippen LogP contribution in [-0.2, 0) is 11.2 Å². The lowest BCUT2D eigenvalue weighted by atomic mass is 10.1. The van der Waals surface area contributed by atoms with Crippen molar-refractivity contribution in [1.82, 2.24) is 20.4 Å². The second-order valence-electron chi connectivity index (χ2n) is 5.53. The molecule has 0 aliphatic carbocycles. The van der Waals surface area contributed by atoms with E-state index in [-0.39, 0.29) is 11.9 Å². The van der Waals surface area contributed by atoms with Gasteiger partial charge in [0.05, 0.1) is 5.25 Å². The van der Waals surface area contributed by atoms with E-state index >= 15 is 0 Å². The Labute approximate surface area is 154 Å². The number of thioether (sulfide) groups is 1. The number of aryl methyl sites for hydroxylation is 1. The summed E-state index contributed by atoms with van der Waals surface area (Å²) < 4.78 is 0.688. The number of imide groups is 1. The Kier molecular flexibility index (Phi) is 5.54. The molecule has 1 aliphatic rings. The van der Waals surface area contributed by atoms with Gasteiger partial charge < -0.3 is 10.6 Å². The normalized spacial score (nSPS) is 15.1. The van der Waals surface area contributed by atoms with Crippen molar-refractivity contribution in [3.63, 3.8) is 0 Å². The van der Waals surface area contributed by atoms with Gasteiger partial charge in [-0.05, 0) is 31.0 Å². The molecule has 1 saturated heterocycles. The second-order valence-corrected chi connectivity index (χ2v) is 8.10. The van der Waals surface area contributed by atoms with E-state index in [1.807, 2.05) is 12.1 Å². The third kappa shape index (κ3) is 4.29. The number of urea groups is 1. The average Bonchev–Trinajstić information content (AvgIpc) is 3.23. The van der Waals surface area contributed by atoms with Crippen LogP contribution in [0.1, 0.15) is 19.4 Å². The summed E-state index contributed by atoms with van der Waals surface area (Å²) in [6.07, 6.45) is 1.00. The maximum Gasteiger partial charge on any atom is 0.324 e. The topological polar surface area (TPSA) is 87.2 Å². The van der Waals surface area contributed by atoms with Gasteiger partial charge in [-0.15, -0.1) is 10.2 Å². The lowest BCUT2D eigenvalue weighted by Crippen LogP contribution is -2.38. The summed E-state index contributed by atoms with van der Waals surface area (Å²) >= 11 is 2.70. The molecular weight excluding hydrogens is 358 g/mol. The van der Waals surface area contributed by atoms with E-state index in [1.165, 1.54) is 33.6 Å². The Morgan fingerprint density at radius 3 is 2.80 bits per heavy atom. The Balaban J connectivity index is 1.59. The van der Waals surface area contributed by atoms with E-state index in [0.29, 0.717) is 22.6 Å². The molecule has 1 fully saturated rings. The summed E-state index contributed by atoms with van der Waals surface area (Å²) in [6, 6.07) is 7.82. The van der Waals surface area contributed by atoms with Crippen molar-refractivity contribution in [2.45, 2.75) is 29.9 Å². The van der Waals surface area contributed by atoms with Gasteiger partial charge in [-0.3, -0.25) is 9.69 Å². The number of benzene rings is 1. The molecule has 0 unspecified atom stereocenters. The Morgan fingerprint density at radius 1 is 1.40 bits per heavy atom. The van der Waals surface area contributed by atoms with Gasteiger partial charge in [0.2, 0.25) is 11.0 Å². The number of nitrogens with zero attached hydrogens (tertiary/aromatic N) is 3. The van der Waals surface area contributed by atoms with Crippen molar-refractivity contribution in [1.29, 1.82) is 0 Å². The van der Waals surface area contributed by atoms with Gasteiger partial charge in [0.1, 0.15) is 0 Å². The summed E-state index contributed by atoms with van der Waals surface area (Å²) in [5.41, 5.74) is 2.22. The second kappa shape index (κ2) is 7.83. The van der Waals surface area contributed by atoms with Crippen molar-refractivity contribution in [3.8, 4) is 0 Å². The van der Waals surface area contributed by atoms with E-state index in [1.54, 1.807) is 6.92 Å². The number of hydrogen-bond acceptors (Lipinski definition) is 7. The van der Waals surface area contributed by atoms with Gasteiger partial charge in [0.15, 0.2) is 4.34 Å². The third-order valence-corrected chi connectivity index (χ3v) is 5.78. The highest BCUT2D eigenvalue weighted by Crippen LogP contribution is 2.31. The molecule has 25 heavy (non-hydrogen) atoms. The molecular formula is C16H19N5O2S2. The van der Waals surface area contributed by atoms with Crippen molar-refractivity contribution in [2.75, 3.05) is 18.4 Å². The molecule has 2 aromatic rings. The van der Waals surface area contributed by atoms with E-state index in [4.69, 9.17) is 0 Å². The van der Waals surface area contributed by atoms with Crippen molar-refractivity contribution < 1.29 is 9.59 Å². The first-order valence-corrected chi connectivity index (χ1v) is 9.71. The largest absolute Gasteiger partial charge is 0.336 e. The Bertz CT molecular complexity index is 762. The zero-order valence-electron chi connectivity index (χ0n) is 14.0. The van der Waals surface area contributed by atoms with E-state index < -0.39 is 5.25 Å². The minimum atomic E-state index is -0.395. The summed E-state index contributed by atoms with van der Waals surface area (Å²) in [5, 5.41) is 14.3. The van der Waals surface area contributed by atoms with E-state index in [0.717, 1.165) is 12.1 Å². The monoisotopic (exact) mass is 377 g/mol. The lowest BCUT2D eigenvalue weighted by Gasteiger charge is -2.16. The van der Waals surface area contributed by atoms with Crippen LogP contribution in [0.25, 0.3) is 0 Å². The third-order valence-electron chi connectivity index (χ3n) is 3.77. The minimum absolute atomic E-state index is 0.208. The van der Waals surface area contributed by atoms with Crippen LogP contribution in [0.5, 0.6) is 0 Å². The SMILES string of the molecule is CCc1ccc(Nc2nnc(S[C@H](C)C(=O)N3CCNC3=O)s2)cc1. The standard InChI is InChI=1S/C16H19N5O2S2/c1-3-11-4-6-12(7-5-11)18-14-19-20-16(25-14)24-10(2)13(22)21-9-8-17-15(21)23/h4-7,10H,3,8-9H2,1-2H3,(H,17,23)(H,18,19)/t10-/m1/s1. The Morgan fingerprint density at radius 2 is 2.16 bits per heavy atom. The van der Waals surface area contributed by atoms with Crippen LogP contribution in [-0.4, -0.2) is 45.4 Å². The minimum Gasteiger partial charge on any atom is -0.336 e. The van der Waals surface area contributed by atoms with Crippen LogP contribution in [0, 0.1) is 0 Å². The maximum atomic E-state index is 12.3. The molecule has 1 aliphatic heterocycles. The number of hydrogen-bond donors (Lipinski definition) is 2. The molecule has 0 radical (unpaired) electrons. The number of amides is 3. The fourth-order valence-electron chi connectivity index (χ4n) is 2.36. The highest BCUT2D eigenvalue weighted by molar-refractivity contribution is 8.02. The molecule has 1 atom stereocenters. The molecule has 3 amide bonds. The molecule has 1 aromatic carbocycles. The fourth-order valence-corrected chi connectivity index (χ4v) is 4.34. The van der Waals surface area contributed by atoms with Crippen molar-refractivity contribution in [2.24, 2.45) is 0 Å². The van der Waals surface area contributed by atoms with Gasteiger partial charge in [-0.25, -0.2) is 4.79 Å². The molecule has 3 rings (SSSR count). The molecule has 0 spiro atoms. The van der Waals surface area contributed by atoms with Gasteiger partial charge in [-0.2, -0.15) is 0 Å². The number of carbonyl (C=O) groups excluding carboxylic acids is 2. The number of rotatable bonds is 6. The van der Waals surface area contributed by atoms with Gasteiger partial charge in [0, 0.05) is 18.8 Å². The van der Waals surface area contributed by atoms with Gasteiger partial charge in [-0.1, -0.05) is 42.2 Å². The molecule has 132 valence electrons. The van der Waals surface area contributed by atoms with Crippen LogP contribution in [0.2, 0.25) is 0 Å². The van der Waals surface area contributed by atoms with Gasteiger partial charge in [0.25, 0.3) is 0 Å². The quantitative estimate of drug-likeness (QED) is 0.753. The zero-order chi connectivity index (χ0) is 17.8. The highest BCUT2D eigenvalue weighted by atomic mass is 32.2. The fraction of sp³-hybridized carbons (Fsp3) is 0.375. The number of carbonyl (C=O) groups is 2. The van der Waals surface area contributed by atoms with Gasteiger partial charge >= 0.3 is 6.03 Å². The number of nitrogens with one attached hydrogen (secondary N) is 2. The van der Waals surface area contributed by atoms with Crippen LogP contribution < -0.4 is 10.6 Å². The molecule has 0 saturated carbocycles. The maximum absolute atomic E-state index is 12.3. The molecule has 1 aromatic heterocycles. The molecule has 7 nitrogen and oxygen atoms in total. The average molecular weight is 377 g/mol. The Hall–Kier alpha value is -2.13. The predicted octanol–water partition coefficient (Wildman–Crippen LogP) is 2.88. The number of aromatic nitrogens is 2. The molecule has 2 N–H and O–H groups in total. The van der Waals surface area contributed by atoms with Crippen LogP contribution in [0.3, 0.4) is 0 Å². The smallest absolute Gasteiger partial charge is 0.324 e. The van der Waals surface area contributed by atoms with Crippen LogP contribution in [0.4, 0.5) is 15.6 Å². The number of anilines is 2. The van der Waals surface area contributed by atoms with Crippen LogP contribution >= 0.6 is 23.1 Å². The van der Waals surface area contributed by atoms with E-state index in [2.05, 4.69) is 39.9 Å². The highest BCUT2D eigenvalue weighted by Gasteiger charge is 2.30. The van der Waals surface area contributed by atoms with E-state index in [9.17, 15) is 9.59 Å².